The van der Waals surface area contributed by atoms with E-state index in [1.807, 2.05) is 0 Å². The van der Waals surface area contributed by atoms with E-state index in [0.29, 0.717) is 11.1 Å². The van der Waals surface area contributed by atoms with Gasteiger partial charge in [-0.3, -0.25) is 14.3 Å². The van der Waals surface area contributed by atoms with E-state index < -0.39 is 11.6 Å². The van der Waals surface area contributed by atoms with Gasteiger partial charge in [0.15, 0.2) is 5.82 Å². The van der Waals surface area contributed by atoms with Crippen LogP contribution >= 0.6 is 0 Å². The summed E-state index contributed by atoms with van der Waals surface area (Å²) >= 11 is 0. The molecule has 1 fully saturated rings. The molecule has 2 aromatic heterocycles. The zero-order chi connectivity index (χ0) is 21.4. The fourth-order valence-electron chi connectivity index (χ4n) is 5.67. The van der Waals surface area contributed by atoms with Gasteiger partial charge in [0.05, 0.1) is 12.2 Å². The summed E-state index contributed by atoms with van der Waals surface area (Å²) in [6.45, 7) is 6.62. The lowest BCUT2D eigenvalue weighted by Crippen LogP contribution is -2.36. The van der Waals surface area contributed by atoms with Gasteiger partial charge in [-0.15, -0.1) is 0 Å². The Balaban J connectivity index is 1.83. The van der Waals surface area contributed by atoms with Crippen LogP contribution in [0.25, 0.3) is 5.69 Å². The van der Waals surface area contributed by atoms with Crippen molar-refractivity contribution in [2.45, 2.75) is 51.5 Å². The van der Waals surface area contributed by atoms with E-state index >= 15 is 0 Å². The number of pyridine rings is 1. The molecular formula is C23H23F2N3O2. The third-order valence-electron chi connectivity index (χ3n) is 7.63. The average molecular weight is 411 g/mol. The zero-order valence-electron chi connectivity index (χ0n) is 17.1. The molecule has 2 aliphatic rings. The number of hydrogen-bond acceptors (Lipinski definition) is 2. The fraction of sp³-hybridized carbons (Fsp3) is 0.391. The van der Waals surface area contributed by atoms with Gasteiger partial charge in [0.2, 0.25) is 0 Å². The monoisotopic (exact) mass is 411 g/mol. The van der Waals surface area contributed by atoms with Crippen LogP contribution in [0.2, 0.25) is 0 Å². The van der Waals surface area contributed by atoms with Gasteiger partial charge in [-0.05, 0) is 42.4 Å². The molecule has 2 atom stereocenters. The Hall–Kier alpha value is -2.96. The molecule has 30 heavy (non-hydrogen) atoms. The van der Waals surface area contributed by atoms with E-state index in [-0.39, 0.29) is 40.1 Å². The molecule has 0 spiro atoms. The lowest BCUT2D eigenvalue weighted by molar-refractivity contribution is 0.216. The normalized spacial score (nSPS) is 23.7. The minimum absolute atomic E-state index is 0.0102. The highest BCUT2D eigenvalue weighted by molar-refractivity contribution is 5.48. The third-order valence-corrected chi connectivity index (χ3v) is 7.63. The summed E-state index contributed by atoms with van der Waals surface area (Å²) in [6, 6.07) is 6.62. The lowest BCUT2D eigenvalue weighted by atomic mass is 9.70. The molecule has 1 saturated carbocycles. The molecular weight excluding hydrogens is 388 g/mol. The number of nitrogens with zero attached hydrogens (tertiary/aromatic N) is 2. The molecule has 1 N–H and O–H groups in total. The second-order valence-electron chi connectivity index (χ2n) is 9.20. The highest BCUT2D eigenvalue weighted by Crippen LogP contribution is 2.67. The molecule has 2 heterocycles. The van der Waals surface area contributed by atoms with E-state index in [4.69, 9.17) is 0 Å². The van der Waals surface area contributed by atoms with Crippen molar-refractivity contribution in [1.29, 1.82) is 0 Å². The second kappa shape index (κ2) is 6.03. The number of nitrogens with one attached hydrogen (secondary N) is 1. The quantitative estimate of drug-likeness (QED) is 0.712. The van der Waals surface area contributed by atoms with Gasteiger partial charge in [0.1, 0.15) is 11.5 Å². The number of hydrogen-bond donors (Lipinski definition) is 1. The lowest BCUT2D eigenvalue weighted by Gasteiger charge is -2.36. The highest BCUT2D eigenvalue weighted by atomic mass is 19.1. The molecule has 0 saturated heterocycles. The number of rotatable bonds is 3. The summed E-state index contributed by atoms with van der Waals surface area (Å²) in [4.78, 5) is 28.6. The van der Waals surface area contributed by atoms with Crippen LogP contribution in [-0.2, 0) is 12.0 Å². The number of benzene rings is 1. The van der Waals surface area contributed by atoms with E-state index in [1.54, 1.807) is 23.0 Å². The number of H-pyrrole nitrogens is 1. The first-order chi connectivity index (χ1) is 14.2. The van der Waals surface area contributed by atoms with Crippen molar-refractivity contribution in [2.75, 3.05) is 0 Å². The van der Waals surface area contributed by atoms with Gasteiger partial charge in [0, 0.05) is 28.8 Å². The number of aromatic nitrogens is 3. The summed E-state index contributed by atoms with van der Waals surface area (Å²) in [7, 11) is 0. The Labute approximate surface area is 172 Å². The predicted molar refractivity (Wildman–Crippen MR) is 109 cm³/mol. The van der Waals surface area contributed by atoms with Crippen LogP contribution in [0.5, 0.6) is 0 Å². The van der Waals surface area contributed by atoms with E-state index in [2.05, 4.69) is 25.8 Å². The molecule has 0 radical (unpaired) electrons. The van der Waals surface area contributed by atoms with Crippen molar-refractivity contribution in [3.63, 3.8) is 0 Å². The Kier molecular flexibility index (Phi) is 3.82. The summed E-state index contributed by atoms with van der Waals surface area (Å²) in [5.74, 6) is -1.45. The molecule has 2 aliphatic carbocycles. The van der Waals surface area contributed by atoms with Crippen molar-refractivity contribution in [3.05, 3.63) is 85.7 Å². The van der Waals surface area contributed by atoms with E-state index in [9.17, 15) is 18.4 Å². The SMILES string of the molecule is CC1(C)[C@H]2CC[C@]1(C)c1c2c(=O)n(-c2ccc(F)cc2F)n1Cc1ccc[nH]c1=O. The van der Waals surface area contributed by atoms with Crippen molar-refractivity contribution >= 4 is 0 Å². The Morgan fingerprint density at radius 2 is 1.93 bits per heavy atom. The van der Waals surface area contributed by atoms with Crippen LogP contribution < -0.4 is 11.1 Å². The Morgan fingerprint density at radius 1 is 1.17 bits per heavy atom. The van der Waals surface area contributed by atoms with Gasteiger partial charge < -0.3 is 4.98 Å². The highest BCUT2D eigenvalue weighted by Gasteiger charge is 2.62. The molecule has 156 valence electrons. The molecule has 2 bridgehead atoms. The minimum Gasteiger partial charge on any atom is -0.329 e. The summed E-state index contributed by atoms with van der Waals surface area (Å²) in [5, 5.41) is 0. The molecule has 1 aromatic carbocycles. The Bertz CT molecular complexity index is 1300. The second-order valence-corrected chi connectivity index (χ2v) is 9.20. The number of fused-ring (bicyclic) bond motifs is 5. The topological polar surface area (TPSA) is 59.8 Å². The van der Waals surface area contributed by atoms with Gasteiger partial charge in [-0.2, -0.15) is 0 Å². The first kappa shape index (κ1) is 19.0. The summed E-state index contributed by atoms with van der Waals surface area (Å²) < 4.78 is 31.3. The predicted octanol–water partition coefficient (Wildman–Crippen LogP) is 3.83. The van der Waals surface area contributed by atoms with Crippen LogP contribution in [0.1, 0.15) is 56.4 Å². The molecule has 5 rings (SSSR count). The fourth-order valence-corrected chi connectivity index (χ4v) is 5.67. The van der Waals surface area contributed by atoms with Crippen LogP contribution in [0.4, 0.5) is 8.78 Å². The summed E-state index contributed by atoms with van der Waals surface area (Å²) in [6.07, 6.45) is 3.36. The molecule has 5 nitrogen and oxygen atoms in total. The van der Waals surface area contributed by atoms with E-state index in [1.165, 1.54) is 10.7 Å². The van der Waals surface area contributed by atoms with Crippen LogP contribution in [0.15, 0.2) is 46.1 Å². The van der Waals surface area contributed by atoms with Gasteiger partial charge in [-0.1, -0.05) is 26.8 Å². The van der Waals surface area contributed by atoms with Crippen molar-refractivity contribution in [2.24, 2.45) is 5.41 Å². The molecule has 0 amide bonds. The molecule has 0 unspecified atom stereocenters. The number of halogens is 2. The maximum absolute atomic E-state index is 14.8. The molecule has 3 aromatic rings. The van der Waals surface area contributed by atoms with E-state index in [0.717, 1.165) is 30.7 Å². The third kappa shape index (κ3) is 2.26. The van der Waals surface area contributed by atoms with Gasteiger partial charge >= 0.3 is 0 Å². The Morgan fingerprint density at radius 3 is 2.63 bits per heavy atom. The smallest absolute Gasteiger partial charge is 0.275 e. The largest absolute Gasteiger partial charge is 0.329 e. The van der Waals surface area contributed by atoms with Crippen molar-refractivity contribution in [3.8, 4) is 5.69 Å². The van der Waals surface area contributed by atoms with Crippen molar-refractivity contribution in [1.82, 2.24) is 14.3 Å². The molecule has 7 heteroatoms. The first-order valence-corrected chi connectivity index (χ1v) is 10.1. The summed E-state index contributed by atoms with van der Waals surface area (Å²) in [5.41, 5.74) is 1.07. The van der Waals surface area contributed by atoms with Gasteiger partial charge in [0.25, 0.3) is 11.1 Å². The van der Waals surface area contributed by atoms with Crippen LogP contribution in [0.3, 0.4) is 0 Å². The van der Waals surface area contributed by atoms with Crippen LogP contribution in [-0.4, -0.2) is 14.3 Å². The van der Waals surface area contributed by atoms with Crippen molar-refractivity contribution < 1.29 is 8.78 Å². The van der Waals surface area contributed by atoms with Gasteiger partial charge in [-0.25, -0.2) is 13.5 Å². The molecule has 0 aliphatic heterocycles. The standard InChI is InChI=1S/C23H23F2N3O2/c1-22(2)15-8-9-23(22,3)19-18(15)21(30)28(17-7-6-14(24)11-16(17)25)27(19)12-13-5-4-10-26-20(13)29/h4-7,10-11,15H,8-9,12H2,1-3H3,(H,26,29)/t15-,23+/m0/s1. The first-order valence-electron chi connectivity index (χ1n) is 10.1. The maximum atomic E-state index is 14.8. The maximum Gasteiger partial charge on any atom is 0.275 e. The number of aromatic amines is 1. The minimum atomic E-state index is -0.812. The van der Waals surface area contributed by atoms with Crippen LogP contribution in [0, 0.1) is 17.0 Å². The zero-order valence-corrected chi connectivity index (χ0v) is 17.1. The average Bonchev–Trinajstić information content (AvgIpc) is 3.16.